The SMILES string of the molecule is Cc1cccc(OCc2cnc(Cl)cn2)c1F. The summed E-state index contributed by atoms with van der Waals surface area (Å²) in [5, 5.41) is 0.315. The Labute approximate surface area is 103 Å². The summed E-state index contributed by atoms with van der Waals surface area (Å²) in [6.07, 6.45) is 2.92. The number of hydrogen-bond donors (Lipinski definition) is 0. The Morgan fingerprint density at radius 3 is 2.82 bits per heavy atom. The molecule has 0 spiro atoms. The molecular weight excluding hydrogens is 243 g/mol. The highest BCUT2D eigenvalue weighted by atomic mass is 35.5. The summed E-state index contributed by atoms with van der Waals surface area (Å²) >= 11 is 5.60. The Morgan fingerprint density at radius 2 is 2.12 bits per heavy atom. The molecule has 88 valence electrons. The van der Waals surface area contributed by atoms with Gasteiger partial charge in [-0.2, -0.15) is 0 Å². The van der Waals surface area contributed by atoms with Crippen LogP contribution in [0.15, 0.2) is 30.6 Å². The fraction of sp³-hybridized carbons (Fsp3) is 0.167. The number of ether oxygens (including phenoxy) is 1. The van der Waals surface area contributed by atoms with Gasteiger partial charge in [0.15, 0.2) is 11.6 Å². The van der Waals surface area contributed by atoms with Crippen LogP contribution < -0.4 is 4.74 Å². The maximum Gasteiger partial charge on any atom is 0.167 e. The molecular formula is C12H10ClFN2O. The van der Waals surface area contributed by atoms with Gasteiger partial charge in [0.2, 0.25) is 0 Å². The largest absolute Gasteiger partial charge is 0.484 e. The van der Waals surface area contributed by atoms with Crippen LogP contribution in [0.4, 0.5) is 4.39 Å². The number of aromatic nitrogens is 2. The fourth-order valence-corrected chi connectivity index (χ4v) is 1.39. The van der Waals surface area contributed by atoms with E-state index in [9.17, 15) is 4.39 Å². The minimum atomic E-state index is -0.352. The molecule has 1 heterocycles. The van der Waals surface area contributed by atoms with Crippen molar-refractivity contribution < 1.29 is 9.13 Å². The number of nitrogens with zero attached hydrogens (tertiary/aromatic N) is 2. The Bertz CT molecular complexity index is 516. The zero-order valence-electron chi connectivity index (χ0n) is 9.15. The maximum absolute atomic E-state index is 13.6. The molecule has 0 aliphatic heterocycles. The van der Waals surface area contributed by atoms with Gasteiger partial charge < -0.3 is 4.74 Å². The molecule has 0 N–H and O–H groups in total. The molecule has 0 bridgehead atoms. The summed E-state index contributed by atoms with van der Waals surface area (Å²) in [5.74, 6) is -0.142. The van der Waals surface area contributed by atoms with Gasteiger partial charge in [0.05, 0.1) is 18.1 Å². The third kappa shape index (κ3) is 2.91. The van der Waals surface area contributed by atoms with Crippen molar-refractivity contribution in [3.05, 3.63) is 52.8 Å². The zero-order valence-corrected chi connectivity index (χ0v) is 9.91. The van der Waals surface area contributed by atoms with Crippen molar-refractivity contribution in [2.45, 2.75) is 13.5 Å². The van der Waals surface area contributed by atoms with Crippen molar-refractivity contribution in [1.29, 1.82) is 0 Å². The lowest BCUT2D eigenvalue weighted by molar-refractivity contribution is 0.285. The lowest BCUT2D eigenvalue weighted by atomic mass is 10.2. The molecule has 1 aromatic carbocycles. The van der Waals surface area contributed by atoms with Gasteiger partial charge in [-0.15, -0.1) is 0 Å². The first kappa shape index (κ1) is 11.8. The van der Waals surface area contributed by atoms with Crippen molar-refractivity contribution in [1.82, 2.24) is 9.97 Å². The van der Waals surface area contributed by atoms with E-state index in [0.717, 1.165) is 0 Å². The molecule has 2 rings (SSSR count). The highest BCUT2D eigenvalue weighted by Crippen LogP contribution is 2.20. The van der Waals surface area contributed by atoms with Crippen LogP contribution >= 0.6 is 11.6 Å². The predicted octanol–water partition coefficient (Wildman–Crippen LogP) is 3.16. The molecule has 0 aliphatic carbocycles. The van der Waals surface area contributed by atoms with Crippen LogP contribution in [-0.2, 0) is 6.61 Å². The van der Waals surface area contributed by atoms with Crippen LogP contribution in [-0.4, -0.2) is 9.97 Å². The van der Waals surface area contributed by atoms with Crippen LogP contribution in [0.2, 0.25) is 5.15 Å². The van der Waals surface area contributed by atoms with Crippen LogP contribution in [0.25, 0.3) is 0 Å². The second-order valence-corrected chi connectivity index (χ2v) is 3.89. The van der Waals surface area contributed by atoms with Crippen molar-refractivity contribution >= 4 is 11.6 Å². The fourth-order valence-electron chi connectivity index (χ4n) is 1.30. The van der Waals surface area contributed by atoms with Gasteiger partial charge in [-0.25, -0.2) is 9.37 Å². The Kier molecular flexibility index (Phi) is 3.54. The van der Waals surface area contributed by atoms with E-state index in [-0.39, 0.29) is 18.2 Å². The molecule has 0 amide bonds. The molecule has 0 fully saturated rings. The molecule has 2 aromatic rings. The lowest BCUT2D eigenvalue weighted by Crippen LogP contribution is -2.01. The first-order valence-electron chi connectivity index (χ1n) is 5.01. The second-order valence-electron chi connectivity index (χ2n) is 3.51. The van der Waals surface area contributed by atoms with Crippen molar-refractivity contribution in [3.8, 4) is 5.75 Å². The quantitative estimate of drug-likeness (QED) is 0.842. The van der Waals surface area contributed by atoms with Crippen LogP contribution in [0.5, 0.6) is 5.75 Å². The summed E-state index contributed by atoms with van der Waals surface area (Å²) < 4.78 is 18.9. The predicted molar refractivity (Wildman–Crippen MR) is 62.5 cm³/mol. The van der Waals surface area contributed by atoms with Crippen LogP contribution in [0.1, 0.15) is 11.3 Å². The summed E-state index contributed by atoms with van der Waals surface area (Å²) in [5.41, 5.74) is 1.14. The summed E-state index contributed by atoms with van der Waals surface area (Å²) in [7, 11) is 0. The molecule has 0 unspecified atom stereocenters. The third-order valence-corrected chi connectivity index (χ3v) is 2.40. The summed E-state index contributed by atoms with van der Waals surface area (Å²) in [4.78, 5) is 7.86. The van der Waals surface area contributed by atoms with E-state index in [4.69, 9.17) is 16.3 Å². The van der Waals surface area contributed by atoms with Gasteiger partial charge in [-0.05, 0) is 18.6 Å². The molecule has 0 atom stereocenters. The number of benzene rings is 1. The Morgan fingerprint density at radius 1 is 1.29 bits per heavy atom. The average molecular weight is 253 g/mol. The van der Waals surface area contributed by atoms with Gasteiger partial charge in [-0.1, -0.05) is 23.7 Å². The first-order valence-corrected chi connectivity index (χ1v) is 5.39. The maximum atomic E-state index is 13.6. The molecule has 0 aliphatic rings. The molecule has 5 heteroatoms. The normalized spacial score (nSPS) is 10.3. The van der Waals surface area contributed by atoms with Gasteiger partial charge in [0, 0.05) is 0 Å². The van der Waals surface area contributed by atoms with Gasteiger partial charge in [0.1, 0.15) is 11.8 Å². The molecule has 3 nitrogen and oxygen atoms in total. The molecule has 0 saturated carbocycles. The molecule has 0 radical (unpaired) electrons. The Balaban J connectivity index is 2.07. The zero-order chi connectivity index (χ0) is 12.3. The number of halogens is 2. The summed E-state index contributed by atoms with van der Waals surface area (Å²) in [6, 6.07) is 5.00. The first-order chi connectivity index (χ1) is 8.16. The smallest absolute Gasteiger partial charge is 0.167 e. The summed E-state index contributed by atoms with van der Waals surface area (Å²) in [6.45, 7) is 1.84. The van der Waals surface area contributed by atoms with E-state index in [1.54, 1.807) is 25.1 Å². The van der Waals surface area contributed by atoms with Crippen molar-refractivity contribution in [2.75, 3.05) is 0 Å². The third-order valence-electron chi connectivity index (χ3n) is 2.21. The topological polar surface area (TPSA) is 35.0 Å². The van der Waals surface area contributed by atoms with Gasteiger partial charge >= 0.3 is 0 Å². The second kappa shape index (κ2) is 5.10. The number of hydrogen-bond acceptors (Lipinski definition) is 3. The molecule has 1 aromatic heterocycles. The standard InChI is InChI=1S/C12H10ClFN2O/c1-8-3-2-4-10(12(8)14)17-7-9-5-16-11(13)6-15-9/h2-6H,7H2,1H3. The highest BCUT2D eigenvalue weighted by molar-refractivity contribution is 6.29. The lowest BCUT2D eigenvalue weighted by Gasteiger charge is -2.07. The van der Waals surface area contributed by atoms with E-state index in [1.165, 1.54) is 12.4 Å². The van der Waals surface area contributed by atoms with Crippen molar-refractivity contribution in [3.63, 3.8) is 0 Å². The van der Waals surface area contributed by atoms with Crippen LogP contribution in [0, 0.1) is 12.7 Å². The molecule has 0 saturated heterocycles. The highest BCUT2D eigenvalue weighted by Gasteiger charge is 2.06. The van der Waals surface area contributed by atoms with Crippen molar-refractivity contribution in [2.24, 2.45) is 0 Å². The van der Waals surface area contributed by atoms with E-state index < -0.39 is 0 Å². The molecule has 17 heavy (non-hydrogen) atoms. The minimum Gasteiger partial charge on any atom is -0.484 e. The van der Waals surface area contributed by atoms with E-state index in [1.807, 2.05) is 0 Å². The number of rotatable bonds is 3. The van der Waals surface area contributed by atoms with E-state index in [0.29, 0.717) is 16.4 Å². The van der Waals surface area contributed by atoms with Crippen LogP contribution in [0.3, 0.4) is 0 Å². The van der Waals surface area contributed by atoms with Gasteiger partial charge in [-0.3, -0.25) is 4.98 Å². The number of aryl methyl sites for hydroxylation is 1. The monoisotopic (exact) mass is 252 g/mol. The van der Waals surface area contributed by atoms with Gasteiger partial charge in [0.25, 0.3) is 0 Å². The van der Waals surface area contributed by atoms with E-state index in [2.05, 4.69) is 9.97 Å². The van der Waals surface area contributed by atoms with E-state index >= 15 is 0 Å². The average Bonchev–Trinajstić information content (AvgIpc) is 2.33. The minimum absolute atomic E-state index is 0.157. The Hall–Kier alpha value is -1.68.